The van der Waals surface area contributed by atoms with E-state index in [4.69, 9.17) is 11.4 Å². The van der Waals surface area contributed by atoms with Crippen LogP contribution >= 0.6 is 0 Å². The van der Waals surface area contributed by atoms with Crippen LogP contribution in [-0.2, 0) is 11.3 Å². The number of carbonyl (C=O) groups excluding carboxylic acids is 1. The van der Waals surface area contributed by atoms with Crippen LogP contribution in [0.5, 0.6) is 0 Å². The van der Waals surface area contributed by atoms with Crippen LogP contribution in [0.25, 0.3) is 11.0 Å². The third kappa shape index (κ3) is 3.02. The number of benzene rings is 1. The lowest BCUT2D eigenvalue weighted by Crippen LogP contribution is -2.44. The second kappa shape index (κ2) is 6.74. The predicted molar refractivity (Wildman–Crippen MR) is 92.2 cm³/mol. The van der Waals surface area contributed by atoms with Crippen LogP contribution in [0.4, 0.5) is 5.95 Å². The van der Waals surface area contributed by atoms with Gasteiger partial charge in [-0.05, 0) is 31.9 Å². The summed E-state index contributed by atoms with van der Waals surface area (Å²) in [4.78, 5) is 19.2. The van der Waals surface area contributed by atoms with E-state index in [-0.39, 0.29) is 11.8 Å². The Labute approximate surface area is 136 Å². The summed E-state index contributed by atoms with van der Waals surface area (Å²) in [7, 11) is 0. The van der Waals surface area contributed by atoms with Crippen LogP contribution in [0, 0.1) is 18.3 Å². The molecule has 0 saturated carbocycles. The molecule has 1 aliphatic rings. The maximum Gasteiger partial charge on any atom is 0.225 e. The molecule has 0 aliphatic carbocycles. The molecule has 1 amide bonds. The van der Waals surface area contributed by atoms with Crippen molar-refractivity contribution in [2.45, 2.75) is 26.3 Å². The van der Waals surface area contributed by atoms with Crippen LogP contribution in [0.15, 0.2) is 24.3 Å². The number of hydrogen-bond acceptors (Lipinski definition) is 3. The van der Waals surface area contributed by atoms with Crippen LogP contribution < -0.4 is 10.2 Å². The van der Waals surface area contributed by atoms with E-state index >= 15 is 0 Å². The standard InChI is InChI=1S/C18H22N4O/c1-3-11-19-17(23)14-8-7-12-21(13-14)18-20-15-9-5-6-10-16(15)22(18)4-2/h1,5-6,9-10,14H,4,7-8,11-13H2,2H3,(H,19,23)/t14-/m0/s1. The molecule has 5 nitrogen and oxygen atoms in total. The number of para-hydroxylation sites is 2. The molecule has 23 heavy (non-hydrogen) atoms. The van der Waals surface area contributed by atoms with Gasteiger partial charge in [0.1, 0.15) is 0 Å². The van der Waals surface area contributed by atoms with Crippen molar-refractivity contribution in [3.63, 3.8) is 0 Å². The maximum absolute atomic E-state index is 12.2. The minimum Gasteiger partial charge on any atom is -0.345 e. The lowest BCUT2D eigenvalue weighted by atomic mass is 9.97. The number of nitrogens with zero attached hydrogens (tertiary/aromatic N) is 3. The lowest BCUT2D eigenvalue weighted by molar-refractivity contribution is -0.125. The van der Waals surface area contributed by atoms with Gasteiger partial charge >= 0.3 is 0 Å². The highest BCUT2D eigenvalue weighted by atomic mass is 16.1. The molecule has 2 aromatic rings. The summed E-state index contributed by atoms with van der Waals surface area (Å²) in [5, 5.41) is 2.80. The SMILES string of the molecule is C#CCNC(=O)[C@H]1CCCN(c2nc3ccccc3n2CC)C1. The number of hydrogen-bond donors (Lipinski definition) is 1. The van der Waals surface area contributed by atoms with E-state index in [1.807, 2.05) is 18.2 Å². The van der Waals surface area contributed by atoms with Crippen molar-refractivity contribution >= 4 is 22.9 Å². The first-order valence-electron chi connectivity index (χ1n) is 8.16. The largest absolute Gasteiger partial charge is 0.345 e. The van der Waals surface area contributed by atoms with Gasteiger partial charge in [-0.3, -0.25) is 4.79 Å². The van der Waals surface area contributed by atoms with Gasteiger partial charge in [0.25, 0.3) is 0 Å². The Morgan fingerprint density at radius 2 is 2.30 bits per heavy atom. The minimum absolute atomic E-state index is 0.0257. The molecule has 0 unspecified atom stereocenters. The first-order chi connectivity index (χ1) is 11.2. The Kier molecular flexibility index (Phi) is 4.52. The predicted octanol–water partition coefficient (Wildman–Crippen LogP) is 2.02. The first-order valence-corrected chi connectivity index (χ1v) is 8.16. The zero-order chi connectivity index (χ0) is 16.2. The van der Waals surface area contributed by atoms with Gasteiger partial charge in [0, 0.05) is 19.6 Å². The number of piperidine rings is 1. The minimum atomic E-state index is -0.0257. The Hall–Kier alpha value is -2.48. The Balaban J connectivity index is 1.84. The Morgan fingerprint density at radius 1 is 1.48 bits per heavy atom. The highest BCUT2D eigenvalue weighted by molar-refractivity contribution is 5.81. The van der Waals surface area contributed by atoms with Crippen molar-refractivity contribution in [1.82, 2.24) is 14.9 Å². The smallest absolute Gasteiger partial charge is 0.225 e. The summed E-state index contributed by atoms with van der Waals surface area (Å²) >= 11 is 0. The number of aromatic nitrogens is 2. The maximum atomic E-state index is 12.2. The molecule has 5 heteroatoms. The van der Waals surface area contributed by atoms with Crippen molar-refractivity contribution in [3.8, 4) is 12.3 Å². The molecule has 1 fully saturated rings. The summed E-state index contributed by atoms with van der Waals surface area (Å²) in [6.07, 6.45) is 7.11. The van der Waals surface area contributed by atoms with Crippen molar-refractivity contribution in [1.29, 1.82) is 0 Å². The molecule has 1 aromatic carbocycles. The third-order valence-electron chi connectivity index (χ3n) is 4.39. The van der Waals surface area contributed by atoms with Crippen molar-refractivity contribution in [3.05, 3.63) is 24.3 Å². The fraction of sp³-hybridized carbons (Fsp3) is 0.444. The number of rotatable bonds is 4. The number of aryl methyl sites for hydroxylation is 1. The molecule has 1 atom stereocenters. The van der Waals surface area contributed by atoms with E-state index in [1.165, 1.54) is 0 Å². The van der Waals surface area contributed by atoms with Gasteiger partial charge in [-0.15, -0.1) is 6.42 Å². The van der Waals surface area contributed by atoms with Gasteiger partial charge in [0.05, 0.1) is 23.5 Å². The molecule has 0 spiro atoms. The highest BCUT2D eigenvalue weighted by Gasteiger charge is 2.28. The van der Waals surface area contributed by atoms with Crippen LogP contribution in [0.3, 0.4) is 0 Å². The number of amides is 1. The topological polar surface area (TPSA) is 50.2 Å². The quantitative estimate of drug-likeness (QED) is 0.879. The van der Waals surface area contributed by atoms with Gasteiger partial charge in [-0.25, -0.2) is 4.98 Å². The highest BCUT2D eigenvalue weighted by Crippen LogP contribution is 2.26. The van der Waals surface area contributed by atoms with E-state index in [0.29, 0.717) is 13.1 Å². The number of fused-ring (bicyclic) bond motifs is 1. The molecular formula is C18H22N4O. The van der Waals surface area contributed by atoms with E-state index in [1.54, 1.807) is 0 Å². The molecular weight excluding hydrogens is 288 g/mol. The molecule has 3 rings (SSSR count). The van der Waals surface area contributed by atoms with Gasteiger partial charge in [-0.2, -0.15) is 0 Å². The van der Waals surface area contributed by atoms with E-state index in [2.05, 4.69) is 33.7 Å². The summed E-state index contributed by atoms with van der Waals surface area (Å²) in [6, 6.07) is 8.17. The van der Waals surface area contributed by atoms with Crippen molar-refractivity contribution in [2.24, 2.45) is 5.92 Å². The van der Waals surface area contributed by atoms with E-state index in [0.717, 1.165) is 42.9 Å². The number of nitrogens with one attached hydrogen (secondary N) is 1. The summed E-state index contributed by atoms with van der Waals surface area (Å²) in [5.74, 6) is 3.44. The summed E-state index contributed by atoms with van der Waals surface area (Å²) in [5.41, 5.74) is 2.15. The van der Waals surface area contributed by atoms with E-state index in [9.17, 15) is 4.79 Å². The zero-order valence-corrected chi connectivity index (χ0v) is 13.5. The Morgan fingerprint density at radius 3 is 3.09 bits per heavy atom. The second-order valence-electron chi connectivity index (χ2n) is 5.85. The first kappa shape index (κ1) is 15.4. The molecule has 1 saturated heterocycles. The molecule has 1 N–H and O–H groups in total. The number of terminal acetylenes is 1. The molecule has 0 radical (unpaired) electrons. The molecule has 1 aliphatic heterocycles. The van der Waals surface area contributed by atoms with Crippen LogP contribution in [0.2, 0.25) is 0 Å². The van der Waals surface area contributed by atoms with Crippen molar-refractivity contribution < 1.29 is 4.79 Å². The lowest BCUT2D eigenvalue weighted by Gasteiger charge is -2.33. The average molecular weight is 310 g/mol. The fourth-order valence-corrected chi connectivity index (χ4v) is 3.27. The van der Waals surface area contributed by atoms with Crippen LogP contribution in [0.1, 0.15) is 19.8 Å². The van der Waals surface area contributed by atoms with Gasteiger partial charge in [0.2, 0.25) is 11.9 Å². The number of anilines is 1. The Bertz CT molecular complexity index is 743. The molecule has 120 valence electrons. The van der Waals surface area contributed by atoms with Crippen molar-refractivity contribution in [2.75, 3.05) is 24.5 Å². The summed E-state index contributed by atoms with van der Waals surface area (Å²) in [6.45, 7) is 4.91. The molecule has 0 bridgehead atoms. The number of imidazole rings is 1. The zero-order valence-electron chi connectivity index (χ0n) is 13.5. The van der Waals surface area contributed by atoms with Crippen LogP contribution in [-0.4, -0.2) is 35.1 Å². The van der Waals surface area contributed by atoms with Gasteiger partial charge in [-0.1, -0.05) is 18.1 Å². The fourth-order valence-electron chi connectivity index (χ4n) is 3.27. The molecule has 2 heterocycles. The second-order valence-corrected chi connectivity index (χ2v) is 5.85. The third-order valence-corrected chi connectivity index (χ3v) is 4.39. The monoisotopic (exact) mass is 310 g/mol. The average Bonchev–Trinajstić information content (AvgIpc) is 2.98. The van der Waals surface area contributed by atoms with E-state index < -0.39 is 0 Å². The normalized spacial score (nSPS) is 17.9. The summed E-state index contributed by atoms with van der Waals surface area (Å²) < 4.78 is 2.22. The number of carbonyl (C=O) groups is 1. The van der Waals surface area contributed by atoms with Gasteiger partial charge < -0.3 is 14.8 Å². The molecule has 1 aromatic heterocycles. The van der Waals surface area contributed by atoms with Gasteiger partial charge in [0.15, 0.2) is 0 Å².